The SMILES string of the molecule is Cc1ccc([C@H](CC(=O)O)NC(=O)Nc2ccc(Cc3c(F)cccc3Cl)[nH]c2=O)cc1. The molecule has 3 rings (SSSR count). The highest BCUT2D eigenvalue weighted by molar-refractivity contribution is 6.31. The highest BCUT2D eigenvalue weighted by Gasteiger charge is 2.19. The Bertz CT molecular complexity index is 1170. The minimum absolute atomic E-state index is 0.0381. The predicted octanol–water partition coefficient (Wildman–Crippen LogP) is 4.40. The van der Waals surface area contributed by atoms with Gasteiger partial charge in [0.2, 0.25) is 0 Å². The molecule has 0 fully saturated rings. The number of anilines is 1. The van der Waals surface area contributed by atoms with E-state index in [1.54, 1.807) is 18.2 Å². The van der Waals surface area contributed by atoms with Crippen molar-refractivity contribution >= 4 is 29.3 Å². The lowest BCUT2D eigenvalue weighted by Crippen LogP contribution is -2.35. The number of hydrogen-bond donors (Lipinski definition) is 4. The van der Waals surface area contributed by atoms with Crippen LogP contribution in [0.4, 0.5) is 14.9 Å². The number of aryl methyl sites for hydroxylation is 1. The van der Waals surface area contributed by atoms with Crippen LogP contribution in [0.15, 0.2) is 59.4 Å². The Hall–Kier alpha value is -3.65. The Labute approximate surface area is 188 Å². The smallest absolute Gasteiger partial charge is 0.319 e. The number of H-pyrrole nitrogens is 1. The third-order valence-electron chi connectivity index (χ3n) is 4.81. The van der Waals surface area contributed by atoms with Gasteiger partial charge in [-0.3, -0.25) is 9.59 Å². The van der Waals surface area contributed by atoms with E-state index in [9.17, 15) is 23.9 Å². The topological polar surface area (TPSA) is 111 Å². The number of urea groups is 1. The molecule has 9 heteroatoms. The molecule has 0 saturated heterocycles. The van der Waals surface area contributed by atoms with Crippen molar-refractivity contribution in [2.75, 3.05) is 5.32 Å². The van der Waals surface area contributed by atoms with Gasteiger partial charge in [-0.1, -0.05) is 47.5 Å². The molecule has 0 bridgehead atoms. The Balaban J connectivity index is 1.71. The van der Waals surface area contributed by atoms with E-state index in [0.717, 1.165) is 5.56 Å². The highest BCUT2D eigenvalue weighted by atomic mass is 35.5. The fraction of sp³-hybridized carbons (Fsp3) is 0.174. The summed E-state index contributed by atoms with van der Waals surface area (Å²) >= 11 is 6.02. The highest BCUT2D eigenvalue weighted by Crippen LogP contribution is 2.22. The molecule has 166 valence electrons. The second kappa shape index (κ2) is 10.1. The fourth-order valence-electron chi connectivity index (χ4n) is 3.15. The van der Waals surface area contributed by atoms with Gasteiger partial charge in [0.25, 0.3) is 5.56 Å². The van der Waals surface area contributed by atoms with Crippen molar-refractivity contribution in [3.8, 4) is 0 Å². The molecule has 1 aromatic heterocycles. The number of benzene rings is 2. The molecule has 0 unspecified atom stereocenters. The van der Waals surface area contributed by atoms with Gasteiger partial charge in [-0.2, -0.15) is 0 Å². The van der Waals surface area contributed by atoms with E-state index in [0.29, 0.717) is 11.3 Å². The van der Waals surface area contributed by atoms with Crippen LogP contribution in [-0.2, 0) is 11.2 Å². The molecule has 1 heterocycles. The molecule has 32 heavy (non-hydrogen) atoms. The molecular formula is C23H21ClFN3O4. The summed E-state index contributed by atoms with van der Waals surface area (Å²) in [6, 6.07) is 12.8. The summed E-state index contributed by atoms with van der Waals surface area (Å²) in [5.41, 5.74) is 1.66. The number of aliphatic carboxylic acids is 1. The summed E-state index contributed by atoms with van der Waals surface area (Å²) in [5.74, 6) is -1.56. The first kappa shape index (κ1) is 23.0. The number of carboxylic acids is 1. The number of carboxylic acid groups (broad SMARTS) is 1. The number of rotatable bonds is 7. The van der Waals surface area contributed by atoms with Crippen LogP contribution < -0.4 is 16.2 Å². The quantitative estimate of drug-likeness (QED) is 0.421. The lowest BCUT2D eigenvalue weighted by atomic mass is 10.0. The molecule has 0 spiro atoms. The second-order valence-electron chi connectivity index (χ2n) is 7.26. The van der Waals surface area contributed by atoms with Crippen molar-refractivity contribution < 1.29 is 19.1 Å². The zero-order valence-electron chi connectivity index (χ0n) is 17.1. The normalized spacial score (nSPS) is 11.6. The summed E-state index contributed by atoms with van der Waals surface area (Å²) in [5, 5.41) is 14.4. The zero-order chi connectivity index (χ0) is 23.3. The van der Waals surface area contributed by atoms with E-state index in [1.165, 1.54) is 24.3 Å². The number of carbonyl (C=O) groups excluding carboxylic acids is 1. The monoisotopic (exact) mass is 457 g/mol. The van der Waals surface area contributed by atoms with Gasteiger partial charge in [0.15, 0.2) is 0 Å². The van der Waals surface area contributed by atoms with Crippen molar-refractivity contribution in [3.05, 3.63) is 98.2 Å². The maximum absolute atomic E-state index is 14.0. The summed E-state index contributed by atoms with van der Waals surface area (Å²) in [6.45, 7) is 1.90. The fourth-order valence-corrected chi connectivity index (χ4v) is 3.38. The van der Waals surface area contributed by atoms with Gasteiger partial charge >= 0.3 is 12.0 Å². The molecule has 3 aromatic rings. The van der Waals surface area contributed by atoms with Gasteiger partial charge in [-0.15, -0.1) is 0 Å². The number of aromatic amines is 1. The van der Waals surface area contributed by atoms with Gasteiger partial charge in [-0.25, -0.2) is 9.18 Å². The summed E-state index contributed by atoms with van der Waals surface area (Å²) in [7, 11) is 0. The van der Waals surface area contributed by atoms with Gasteiger partial charge in [-0.05, 0) is 36.8 Å². The standard InChI is InChI=1S/C23H21ClFN3O4/c1-13-5-7-14(8-6-13)20(12-21(29)30)28-23(32)27-19-10-9-15(26-22(19)31)11-16-17(24)3-2-4-18(16)25/h2-10,20H,11-12H2,1H3,(H,26,31)(H,29,30)(H2,27,28,32)/t20-/m0/s1. The summed E-state index contributed by atoms with van der Waals surface area (Å²) in [6.07, 6.45) is -0.253. The molecule has 0 aliphatic carbocycles. The molecule has 1 atom stereocenters. The number of halogens is 2. The largest absolute Gasteiger partial charge is 0.481 e. The van der Waals surface area contributed by atoms with Crippen molar-refractivity contribution in [3.63, 3.8) is 0 Å². The van der Waals surface area contributed by atoms with Crippen LogP contribution in [0, 0.1) is 12.7 Å². The summed E-state index contributed by atoms with van der Waals surface area (Å²) in [4.78, 5) is 38.6. The van der Waals surface area contributed by atoms with Crippen molar-refractivity contribution in [2.24, 2.45) is 0 Å². The van der Waals surface area contributed by atoms with Crippen LogP contribution in [0.1, 0.15) is 34.8 Å². The number of pyridine rings is 1. The van der Waals surface area contributed by atoms with Gasteiger partial charge < -0.3 is 20.7 Å². The Morgan fingerprint density at radius 2 is 1.84 bits per heavy atom. The van der Waals surface area contributed by atoms with Crippen LogP contribution in [0.3, 0.4) is 0 Å². The number of hydrogen-bond acceptors (Lipinski definition) is 3. The third kappa shape index (κ3) is 5.95. The maximum atomic E-state index is 14.0. The van der Waals surface area contributed by atoms with Crippen LogP contribution in [0.25, 0.3) is 0 Å². The van der Waals surface area contributed by atoms with E-state index >= 15 is 0 Å². The summed E-state index contributed by atoms with van der Waals surface area (Å²) < 4.78 is 14.0. The lowest BCUT2D eigenvalue weighted by Gasteiger charge is -2.18. The molecule has 0 aliphatic heterocycles. The van der Waals surface area contributed by atoms with E-state index in [4.69, 9.17) is 11.6 Å². The lowest BCUT2D eigenvalue weighted by molar-refractivity contribution is -0.137. The molecule has 0 radical (unpaired) electrons. The van der Waals surface area contributed by atoms with Crippen LogP contribution >= 0.6 is 11.6 Å². The minimum Gasteiger partial charge on any atom is -0.481 e. The number of nitrogens with one attached hydrogen (secondary N) is 3. The third-order valence-corrected chi connectivity index (χ3v) is 5.16. The molecule has 0 saturated carbocycles. The van der Waals surface area contributed by atoms with Gasteiger partial charge in [0.05, 0.1) is 12.5 Å². The Morgan fingerprint density at radius 1 is 1.12 bits per heavy atom. The first-order valence-corrected chi connectivity index (χ1v) is 10.1. The van der Waals surface area contributed by atoms with Crippen molar-refractivity contribution in [2.45, 2.75) is 25.8 Å². The van der Waals surface area contributed by atoms with Crippen LogP contribution in [0.2, 0.25) is 5.02 Å². The van der Waals surface area contributed by atoms with Crippen LogP contribution in [0.5, 0.6) is 0 Å². The first-order valence-electron chi connectivity index (χ1n) is 9.74. The van der Waals surface area contributed by atoms with E-state index in [-0.39, 0.29) is 29.1 Å². The zero-order valence-corrected chi connectivity index (χ0v) is 17.9. The average Bonchev–Trinajstić information content (AvgIpc) is 2.72. The van der Waals surface area contributed by atoms with Crippen LogP contribution in [-0.4, -0.2) is 22.1 Å². The van der Waals surface area contributed by atoms with Gasteiger partial charge in [0, 0.05) is 22.7 Å². The molecular weight excluding hydrogens is 437 g/mol. The molecule has 2 aromatic carbocycles. The molecule has 2 amide bonds. The molecule has 4 N–H and O–H groups in total. The number of aromatic nitrogens is 1. The minimum atomic E-state index is -1.08. The Kier molecular flexibility index (Phi) is 7.27. The molecule has 7 nitrogen and oxygen atoms in total. The predicted molar refractivity (Wildman–Crippen MR) is 120 cm³/mol. The van der Waals surface area contributed by atoms with E-state index in [1.807, 2.05) is 19.1 Å². The van der Waals surface area contributed by atoms with Crippen molar-refractivity contribution in [1.29, 1.82) is 0 Å². The maximum Gasteiger partial charge on any atom is 0.319 e. The average molecular weight is 458 g/mol. The van der Waals surface area contributed by atoms with Crippen molar-refractivity contribution in [1.82, 2.24) is 10.3 Å². The Morgan fingerprint density at radius 3 is 2.47 bits per heavy atom. The number of carbonyl (C=O) groups is 2. The van der Waals surface area contributed by atoms with Gasteiger partial charge in [0.1, 0.15) is 11.5 Å². The number of amides is 2. The first-order chi connectivity index (χ1) is 15.2. The second-order valence-corrected chi connectivity index (χ2v) is 7.67. The van der Waals surface area contributed by atoms with E-state index < -0.39 is 29.4 Å². The van der Waals surface area contributed by atoms with E-state index in [2.05, 4.69) is 15.6 Å². The molecule has 0 aliphatic rings.